The average molecular weight is 294 g/mol. The zero-order chi connectivity index (χ0) is 15.4. The van der Waals surface area contributed by atoms with Crippen LogP contribution >= 0.6 is 0 Å². The summed E-state index contributed by atoms with van der Waals surface area (Å²) in [6, 6.07) is 10.8. The third-order valence-corrected chi connectivity index (χ3v) is 4.46. The maximum absolute atomic E-state index is 14.5. The van der Waals surface area contributed by atoms with Gasteiger partial charge in [0.2, 0.25) is 0 Å². The Bertz CT molecular complexity index is 943. The average Bonchev–Trinajstić information content (AvgIpc) is 2.51. The summed E-state index contributed by atoms with van der Waals surface area (Å²) in [5, 5.41) is 23.2. The molecule has 3 heteroatoms. The molecule has 0 aromatic heterocycles. The van der Waals surface area contributed by atoms with Gasteiger partial charge in [-0.15, -0.1) is 0 Å². The Hall–Kier alpha value is -2.23. The summed E-state index contributed by atoms with van der Waals surface area (Å²) in [5.74, 6) is -0.273. The molecule has 0 amide bonds. The molecule has 0 bridgehead atoms. The van der Waals surface area contributed by atoms with Crippen LogP contribution in [0, 0.1) is 12.7 Å². The van der Waals surface area contributed by atoms with Crippen LogP contribution in [0.4, 0.5) is 4.39 Å². The highest BCUT2D eigenvalue weighted by atomic mass is 19.1. The van der Waals surface area contributed by atoms with Gasteiger partial charge in [-0.3, -0.25) is 0 Å². The van der Waals surface area contributed by atoms with E-state index in [-0.39, 0.29) is 5.82 Å². The Labute approximate surface area is 127 Å². The first-order valence-corrected chi connectivity index (χ1v) is 7.26. The fourth-order valence-corrected chi connectivity index (χ4v) is 3.42. The van der Waals surface area contributed by atoms with Gasteiger partial charge in [0, 0.05) is 5.39 Å². The lowest BCUT2D eigenvalue weighted by Gasteiger charge is -2.24. The van der Waals surface area contributed by atoms with E-state index in [4.69, 9.17) is 0 Å². The van der Waals surface area contributed by atoms with E-state index in [1.807, 2.05) is 31.2 Å². The van der Waals surface area contributed by atoms with E-state index in [0.717, 1.165) is 27.3 Å². The minimum atomic E-state index is -0.974. The predicted octanol–water partition coefficient (Wildman–Crippen LogP) is 3.86. The molecule has 4 rings (SSSR count). The van der Waals surface area contributed by atoms with Crippen LogP contribution in [0.3, 0.4) is 0 Å². The Balaban J connectivity index is 2.22. The minimum absolute atomic E-state index is 0.273. The zero-order valence-corrected chi connectivity index (χ0v) is 12.0. The van der Waals surface area contributed by atoms with Crippen molar-refractivity contribution in [2.24, 2.45) is 0 Å². The molecule has 0 saturated carbocycles. The van der Waals surface area contributed by atoms with Crippen LogP contribution in [0.5, 0.6) is 0 Å². The lowest BCUT2D eigenvalue weighted by Crippen LogP contribution is -2.19. The van der Waals surface area contributed by atoms with Gasteiger partial charge in [0.25, 0.3) is 0 Å². The number of aliphatic hydroxyl groups excluding tert-OH is 2. The van der Waals surface area contributed by atoms with E-state index in [1.165, 1.54) is 6.07 Å². The first kappa shape index (κ1) is 13.4. The maximum atomic E-state index is 14.5. The number of aryl methyl sites for hydroxylation is 1. The summed E-state index contributed by atoms with van der Waals surface area (Å²) >= 11 is 0. The van der Waals surface area contributed by atoms with E-state index < -0.39 is 12.2 Å². The number of fused-ring (bicyclic) bond motifs is 5. The Kier molecular flexibility index (Phi) is 2.83. The highest BCUT2D eigenvalue weighted by Gasteiger charge is 2.25. The molecule has 3 aromatic carbocycles. The summed E-state index contributed by atoms with van der Waals surface area (Å²) in [4.78, 5) is 0. The molecule has 1 aliphatic carbocycles. The van der Waals surface area contributed by atoms with Gasteiger partial charge in [-0.05, 0) is 45.8 Å². The maximum Gasteiger partial charge on any atom is 0.131 e. The van der Waals surface area contributed by atoms with Gasteiger partial charge in [0.05, 0.1) is 0 Å². The Morgan fingerprint density at radius 1 is 1.00 bits per heavy atom. The first-order valence-electron chi connectivity index (χ1n) is 7.26. The molecule has 22 heavy (non-hydrogen) atoms. The lowest BCUT2D eigenvalue weighted by molar-refractivity contribution is 0.0471. The summed E-state index contributed by atoms with van der Waals surface area (Å²) in [5.41, 5.74) is 2.39. The van der Waals surface area contributed by atoms with Crippen LogP contribution in [0.2, 0.25) is 0 Å². The topological polar surface area (TPSA) is 40.5 Å². The second-order valence-corrected chi connectivity index (χ2v) is 5.82. The third-order valence-electron chi connectivity index (χ3n) is 4.46. The van der Waals surface area contributed by atoms with Crippen molar-refractivity contribution in [3.05, 3.63) is 65.0 Å². The van der Waals surface area contributed by atoms with E-state index >= 15 is 0 Å². The van der Waals surface area contributed by atoms with Crippen molar-refractivity contribution in [1.29, 1.82) is 0 Å². The molecule has 2 nitrogen and oxygen atoms in total. The molecule has 0 fully saturated rings. The highest BCUT2D eigenvalue weighted by molar-refractivity contribution is 6.12. The molecule has 3 aromatic rings. The molecular weight excluding hydrogens is 279 g/mol. The van der Waals surface area contributed by atoms with Gasteiger partial charge in [-0.25, -0.2) is 4.39 Å². The molecule has 110 valence electrons. The van der Waals surface area contributed by atoms with Crippen LogP contribution < -0.4 is 0 Å². The lowest BCUT2D eigenvalue weighted by atomic mass is 9.85. The van der Waals surface area contributed by atoms with Crippen molar-refractivity contribution >= 4 is 27.6 Å². The predicted molar refractivity (Wildman–Crippen MR) is 86.1 cm³/mol. The van der Waals surface area contributed by atoms with E-state index in [2.05, 4.69) is 0 Å². The highest BCUT2D eigenvalue weighted by Crippen LogP contribution is 2.39. The fraction of sp³-hybridized carbons (Fsp3) is 0.158. The van der Waals surface area contributed by atoms with Crippen molar-refractivity contribution in [3.63, 3.8) is 0 Å². The second kappa shape index (κ2) is 4.63. The molecule has 0 saturated heterocycles. The van der Waals surface area contributed by atoms with Crippen molar-refractivity contribution in [2.75, 3.05) is 0 Å². The van der Waals surface area contributed by atoms with Crippen molar-refractivity contribution in [3.8, 4) is 0 Å². The molecule has 2 unspecified atom stereocenters. The number of rotatable bonds is 0. The number of halogens is 1. The number of hydrogen-bond acceptors (Lipinski definition) is 2. The molecule has 0 aliphatic heterocycles. The van der Waals surface area contributed by atoms with Crippen LogP contribution in [0.25, 0.3) is 27.6 Å². The van der Waals surface area contributed by atoms with Crippen LogP contribution in [-0.2, 0) is 0 Å². The molecule has 2 N–H and O–H groups in total. The van der Waals surface area contributed by atoms with Crippen molar-refractivity contribution < 1.29 is 14.6 Å². The van der Waals surface area contributed by atoms with Crippen LogP contribution in [0.1, 0.15) is 22.8 Å². The third kappa shape index (κ3) is 1.73. The summed E-state index contributed by atoms with van der Waals surface area (Å²) < 4.78 is 14.5. The number of aliphatic hydroxyl groups is 2. The van der Waals surface area contributed by atoms with Gasteiger partial charge in [0.1, 0.15) is 18.0 Å². The molecular formula is C19H15FO2. The quantitative estimate of drug-likeness (QED) is 0.618. The standard InChI is InChI=1S/C19H15FO2/c1-10-8-15-11(6-7-17(21)19(15)22)14-9-16(20)12-4-2-3-5-13(12)18(10)14/h2-9,17,19,21-22H,1H3. The van der Waals surface area contributed by atoms with Crippen LogP contribution in [-0.4, -0.2) is 16.3 Å². The molecule has 0 heterocycles. The van der Waals surface area contributed by atoms with E-state index in [1.54, 1.807) is 18.2 Å². The van der Waals surface area contributed by atoms with Gasteiger partial charge >= 0.3 is 0 Å². The fourth-order valence-electron chi connectivity index (χ4n) is 3.42. The van der Waals surface area contributed by atoms with Crippen molar-refractivity contribution in [2.45, 2.75) is 19.1 Å². The molecule has 0 spiro atoms. The Morgan fingerprint density at radius 3 is 2.50 bits per heavy atom. The summed E-state index contributed by atoms with van der Waals surface area (Å²) in [6.45, 7) is 1.95. The number of hydrogen-bond donors (Lipinski definition) is 2. The molecule has 1 aliphatic rings. The van der Waals surface area contributed by atoms with Crippen molar-refractivity contribution in [1.82, 2.24) is 0 Å². The Morgan fingerprint density at radius 2 is 1.73 bits per heavy atom. The van der Waals surface area contributed by atoms with E-state index in [0.29, 0.717) is 10.9 Å². The second-order valence-electron chi connectivity index (χ2n) is 5.82. The SMILES string of the molecule is Cc1cc2c(c3cc(F)c4ccccc4c13)C=CC(O)C2O. The van der Waals surface area contributed by atoms with Gasteiger partial charge < -0.3 is 10.2 Å². The van der Waals surface area contributed by atoms with E-state index in [9.17, 15) is 14.6 Å². The number of benzene rings is 3. The smallest absolute Gasteiger partial charge is 0.131 e. The van der Waals surface area contributed by atoms with Gasteiger partial charge in [0.15, 0.2) is 0 Å². The van der Waals surface area contributed by atoms with Crippen LogP contribution in [0.15, 0.2) is 42.5 Å². The summed E-state index contributed by atoms with van der Waals surface area (Å²) in [6.07, 6.45) is 1.42. The normalized spacial score (nSPS) is 20.5. The zero-order valence-electron chi connectivity index (χ0n) is 12.0. The van der Waals surface area contributed by atoms with Gasteiger partial charge in [-0.1, -0.05) is 42.5 Å². The minimum Gasteiger partial charge on any atom is -0.386 e. The molecule has 2 atom stereocenters. The summed E-state index contributed by atoms with van der Waals surface area (Å²) in [7, 11) is 0. The van der Waals surface area contributed by atoms with Gasteiger partial charge in [-0.2, -0.15) is 0 Å². The first-order chi connectivity index (χ1) is 10.6. The largest absolute Gasteiger partial charge is 0.386 e. The monoisotopic (exact) mass is 294 g/mol. The molecule has 0 radical (unpaired) electrons.